The maximum absolute atomic E-state index is 11.3. The first-order valence-electron chi connectivity index (χ1n) is 8.28. The molecule has 1 aliphatic heterocycles. The molecule has 0 unspecified atom stereocenters. The Bertz CT molecular complexity index is 563. The molecule has 0 bridgehead atoms. The quantitative estimate of drug-likeness (QED) is 0.818. The fraction of sp³-hybridized carbons (Fsp3) is 0.350. The third-order valence-corrected chi connectivity index (χ3v) is 4.31. The normalized spacial score (nSPS) is 16.0. The first-order valence-corrected chi connectivity index (χ1v) is 8.28. The van der Waals surface area contributed by atoms with Crippen molar-refractivity contribution in [2.24, 2.45) is 0 Å². The topological polar surface area (TPSA) is 29.5 Å². The smallest absolute Gasteiger partial charge is 0.135 e. The van der Waals surface area contributed by atoms with Crippen molar-refractivity contribution in [1.82, 2.24) is 4.90 Å². The Hall–Kier alpha value is -1.97. The predicted molar refractivity (Wildman–Crippen MR) is 91.4 cm³/mol. The monoisotopic (exact) mass is 309 g/mol. The molecule has 1 fully saturated rings. The average Bonchev–Trinajstić information content (AvgIpc) is 2.62. The van der Waals surface area contributed by atoms with Gasteiger partial charge in [0.25, 0.3) is 0 Å². The summed E-state index contributed by atoms with van der Waals surface area (Å²) in [5.41, 5.74) is 2.35. The van der Waals surface area contributed by atoms with Crippen LogP contribution in [-0.4, -0.2) is 36.9 Å². The van der Waals surface area contributed by atoms with Gasteiger partial charge in [-0.3, -0.25) is 4.79 Å². The SMILES string of the molecule is O=C1CCN(CCOC(c2ccccc2)c2ccccc2)CC1. The minimum Gasteiger partial charge on any atom is -0.367 e. The van der Waals surface area contributed by atoms with Crippen molar-refractivity contribution in [3.05, 3.63) is 71.8 Å². The maximum atomic E-state index is 11.3. The second-order valence-electron chi connectivity index (χ2n) is 5.95. The molecule has 0 aromatic heterocycles. The van der Waals surface area contributed by atoms with E-state index in [1.165, 1.54) is 11.1 Å². The van der Waals surface area contributed by atoms with Gasteiger partial charge in [0.2, 0.25) is 0 Å². The molecule has 3 heteroatoms. The average molecular weight is 309 g/mol. The van der Waals surface area contributed by atoms with Gasteiger partial charge in [-0.05, 0) is 11.1 Å². The first-order chi connectivity index (χ1) is 11.3. The largest absolute Gasteiger partial charge is 0.367 e. The van der Waals surface area contributed by atoms with Gasteiger partial charge in [0.1, 0.15) is 11.9 Å². The zero-order valence-corrected chi connectivity index (χ0v) is 13.4. The molecule has 3 nitrogen and oxygen atoms in total. The second-order valence-corrected chi connectivity index (χ2v) is 5.95. The Kier molecular flexibility index (Phi) is 5.56. The molecule has 1 heterocycles. The lowest BCUT2D eigenvalue weighted by Gasteiger charge is -2.27. The number of benzene rings is 2. The molecule has 0 amide bonds. The van der Waals surface area contributed by atoms with Crippen molar-refractivity contribution in [1.29, 1.82) is 0 Å². The minimum atomic E-state index is -0.0381. The van der Waals surface area contributed by atoms with Crippen LogP contribution in [0.25, 0.3) is 0 Å². The molecule has 2 aromatic carbocycles. The van der Waals surface area contributed by atoms with Gasteiger partial charge in [0, 0.05) is 32.5 Å². The van der Waals surface area contributed by atoms with Crippen LogP contribution >= 0.6 is 0 Å². The maximum Gasteiger partial charge on any atom is 0.135 e. The van der Waals surface area contributed by atoms with Gasteiger partial charge in [-0.1, -0.05) is 60.7 Å². The number of nitrogens with zero attached hydrogens (tertiary/aromatic N) is 1. The van der Waals surface area contributed by atoms with E-state index >= 15 is 0 Å². The van der Waals surface area contributed by atoms with Crippen molar-refractivity contribution in [2.75, 3.05) is 26.2 Å². The number of ketones is 1. The molecule has 0 aliphatic carbocycles. The lowest BCUT2D eigenvalue weighted by Crippen LogP contribution is -2.36. The van der Waals surface area contributed by atoms with Gasteiger partial charge >= 0.3 is 0 Å². The van der Waals surface area contributed by atoms with E-state index in [1.54, 1.807) is 0 Å². The van der Waals surface area contributed by atoms with Crippen LogP contribution < -0.4 is 0 Å². The summed E-state index contributed by atoms with van der Waals surface area (Å²) >= 11 is 0. The summed E-state index contributed by atoms with van der Waals surface area (Å²) in [4.78, 5) is 13.6. The molecule has 0 atom stereocenters. The summed E-state index contributed by atoms with van der Waals surface area (Å²) in [5.74, 6) is 0.383. The van der Waals surface area contributed by atoms with Crippen LogP contribution in [0.1, 0.15) is 30.1 Å². The van der Waals surface area contributed by atoms with Gasteiger partial charge in [0.05, 0.1) is 6.61 Å². The van der Waals surface area contributed by atoms with Gasteiger partial charge in [-0.15, -0.1) is 0 Å². The van der Waals surface area contributed by atoms with Crippen molar-refractivity contribution >= 4 is 5.78 Å². The summed E-state index contributed by atoms with van der Waals surface area (Å²) in [7, 11) is 0. The van der Waals surface area contributed by atoms with E-state index in [9.17, 15) is 4.79 Å². The zero-order chi connectivity index (χ0) is 15.9. The lowest BCUT2D eigenvalue weighted by molar-refractivity contribution is -0.121. The Morgan fingerprint density at radius 3 is 1.91 bits per heavy atom. The Balaban J connectivity index is 1.62. The van der Waals surface area contributed by atoms with E-state index in [-0.39, 0.29) is 6.10 Å². The Morgan fingerprint density at radius 2 is 1.39 bits per heavy atom. The lowest BCUT2D eigenvalue weighted by atomic mass is 10.0. The van der Waals surface area contributed by atoms with Crippen LogP contribution in [0, 0.1) is 0 Å². The number of piperidine rings is 1. The summed E-state index contributed by atoms with van der Waals surface area (Å²) in [6, 6.07) is 20.7. The summed E-state index contributed by atoms with van der Waals surface area (Å²) < 4.78 is 6.22. The number of ether oxygens (including phenoxy) is 1. The fourth-order valence-electron chi connectivity index (χ4n) is 2.97. The van der Waals surface area contributed by atoms with Gasteiger partial charge in [-0.2, -0.15) is 0 Å². The van der Waals surface area contributed by atoms with Crippen LogP contribution in [0.4, 0.5) is 0 Å². The van der Waals surface area contributed by atoms with Crippen molar-refractivity contribution in [2.45, 2.75) is 18.9 Å². The molecule has 3 rings (SSSR count). The van der Waals surface area contributed by atoms with E-state index in [0.29, 0.717) is 25.2 Å². The number of carbonyl (C=O) groups is 1. The number of Topliss-reactive ketones (excluding diaryl/α,β-unsaturated/α-hetero) is 1. The summed E-state index contributed by atoms with van der Waals surface area (Å²) in [6.45, 7) is 3.28. The van der Waals surface area contributed by atoms with Crippen LogP contribution in [0.3, 0.4) is 0 Å². The number of carbonyl (C=O) groups excluding carboxylic acids is 1. The van der Waals surface area contributed by atoms with Crippen LogP contribution in [0.2, 0.25) is 0 Å². The summed E-state index contributed by atoms with van der Waals surface area (Å²) in [6.07, 6.45) is 1.32. The molecule has 0 saturated carbocycles. The molecule has 1 aliphatic rings. The van der Waals surface area contributed by atoms with Crippen LogP contribution in [-0.2, 0) is 9.53 Å². The van der Waals surface area contributed by atoms with Crippen LogP contribution in [0.15, 0.2) is 60.7 Å². The molecule has 0 spiro atoms. The van der Waals surface area contributed by atoms with Crippen LogP contribution in [0.5, 0.6) is 0 Å². The summed E-state index contributed by atoms with van der Waals surface area (Å²) in [5, 5.41) is 0. The molecule has 2 aromatic rings. The van der Waals surface area contributed by atoms with Crippen molar-refractivity contribution in [3.8, 4) is 0 Å². The van der Waals surface area contributed by atoms with E-state index in [2.05, 4.69) is 29.2 Å². The number of likely N-dealkylation sites (tertiary alicyclic amines) is 1. The number of hydrogen-bond acceptors (Lipinski definition) is 3. The van der Waals surface area contributed by atoms with Crippen molar-refractivity contribution < 1.29 is 9.53 Å². The highest BCUT2D eigenvalue weighted by molar-refractivity contribution is 5.79. The van der Waals surface area contributed by atoms with Gasteiger partial charge in [0.15, 0.2) is 0 Å². The van der Waals surface area contributed by atoms with E-state index in [4.69, 9.17) is 4.74 Å². The minimum absolute atomic E-state index is 0.0381. The van der Waals surface area contributed by atoms with Gasteiger partial charge in [-0.25, -0.2) is 0 Å². The van der Waals surface area contributed by atoms with E-state index in [0.717, 1.165) is 19.6 Å². The predicted octanol–water partition coefficient (Wildman–Crippen LogP) is 3.46. The molecule has 0 radical (unpaired) electrons. The first kappa shape index (κ1) is 15.9. The van der Waals surface area contributed by atoms with E-state index < -0.39 is 0 Å². The highest BCUT2D eigenvalue weighted by Gasteiger charge is 2.18. The highest BCUT2D eigenvalue weighted by Crippen LogP contribution is 2.25. The highest BCUT2D eigenvalue weighted by atomic mass is 16.5. The molecular weight excluding hydrogens is 286 g/mol. The zero-order valence-electron chi connectivity index (χ0n) is 13.4. The molecule has 1 saturated heterocycles. The third kappa shape index (κ3) is 4.50. The fourth-order valence-corrected chi connectivity index (χ4v) is 2.97. The second kappa shape index (κ2) is 8.04. The van der Waals surface area contributed by atoms with E-state index in [1.807, 2.05) is 36.4 Å². The standard InChI is InChI=1S/C20H23NO2/c22-19-11-13-21(14-12-19)15-16-23-20(17-7-3-1-4-8-17)18-9-5-2-6-10-18/h1-10,20H,11-16H2. The Morgan fingerprint density at radius 1 is 0.870 bits per heavy atom. The number of hydrogen-bond donors (Lipinski definition) is 0. The number of rotatable bonds is 6. The molecule has 23 heavy (non-hydrogen) atoms. The molecular formula is C20H23NO2. The third-order valence-electron chi connectivity index (χ3n) is 4.31. The van der Waals surface area contributed by atoms with Gasteiger partial charge < -0.3 is 9.64 Å². The van der Waals surface area contributed by atoms with Crippen molar-refractivity contribution in [3.63, 3.8) is 0 Å². The molecule has 0 N–H and O–H groups in total. The molecule has 120 valence electrons. The Labute approximate surface area is 137 Å².